The van der Waals surface area contributed by atoms with E-state index in [1.165, 1.54) is 0 Å². The third-order valence-electron chi connectivity index (χ3n) is 1.62. The van der Waals surface area contributed by atoms with Crippen molar-refractivity contribution in [3.8, 4) is 0 Å². The highest BCUT2D eigenvalue weighted by atomic mass is 16.5. The summed E-state index contributed by atoms with van der Waals surface area (Å²) in [6.45, 7) is 5.53. The van der Waals surface area contributed by atoms with Crippen LogP contribution in [-0.4, -0.2) is 30.7 Å². The second-order valence-corrected chi connectivity index (χ2v) is 3.44. The van der Waals surface area contributed by atoms with E-state index in [0.717, 1.165) is 0 Å². The third-order valence-corrected chi connectivity index (χ3v) is 1.62. The molecule has 88 valence electrons. The van der Waals surface area contributed by atoms with Crippen LogP contribution in [0.15, 0.2) is 0 Å². The van der Waals surface area contributed by atoms with Gasteiger partial charge in [-0.25, -0.2) is 0 Å². The Morgan fingerprint density at radius 3 is 2.40 bits per heavy atom. The van der Waals surface area contributed by atoms with Crippen molar-refractivity contribution in [3.05, 3.63) is 0 Å². The van der Waals surface area contributed by atoms with Crippen molar-refractivity contribution in [2.75, 3.05) is 6.61 Å². The number of nitrogens with two attached hydrogens (primary N) is 1. The summed E-state index contributed by atoms with van der Waals surface area (Å²) in [6, 6.07) is -0.746. The zero-order valence-electron chi connectivity index (χ0n) is 9.49. The van der Waals surface area contributed by atoms with Crippen LogP contribution in [0, 0.1) is 0 Å². The first kappa shape index (κ1) is 13.9. The van der Waals surface area contributed by atoms with Gasteiger partial charge in [0, 0.05) is 6.42 Å². The molecule has 0 aliphatic heterocycles. The lowest BCUT2D eigenvalue weighted by Crippen LogP contribution is -2.33. The highest BCUT2D eigenvalue weighted by molar-refractivity contribution is 5.77. The molecule has 0 aromatic rings. The average molecular weight is 217 g/mol. The Labute approximate surface area is 89.9 Å². The molecule has 2 N–H and O–H groups in total. The predicted octanol–water partition coefficient (Wildman–Crippen LogP) is 0.609. The minimum Gasteiger partial charge on any atom is -0.465 e. The van der Waals surface area contributed by atoms with Crippen molar-refractivity contribution >= 4 is 11.9 Å². The van der Waals surface area contributed by atoms with E-state index in [1.807, 2.05) is 0 Å². The van der Waals surface area contributed by atoms with Gasteiger partial charge in [-0.05, 0) is 27.2 Å². The fourth-order valence-corrected chi connectivity index (χ4v) is 0.962. The molecule has 1 atom stereocenters. The minimum absolute atomic E-state index is 0.137. The molecular formula is C10H19NO4. The van der Waals surface area contributed by atoms with Crippen molar-refractivity contribution in [2.24, 2.45) is 5.73 Å². The van der Waals surface area contributed by atoms with E-state index >= 15 is 0 Å². The maximum Gasteiger partial charge on any atom is 0.322 e. The van der Waals surface area contributed by atoms with Gasteiger partial charge in [0.2, 0.25) is 0 Å². The summed E-state index contributed by atoms with van der Waals surface area (Å²) in [7, 11) is 0. The minimum atomic E-state index is -0.746. The number of carbonyl (C=O) groups is 2. The fourth-order valence-electron chi connectivity index (χ4n) is 0.962. The van der Waals surface area contributed by atoms with Gasteiger partial charge >= 0.3 is 11.9 Å². The molecule has 0 aliphatic carbocycles. The molecule has 0 saturated heterocycles. The van der Waals surface area contributed by atoms with Crippen LogP contribution in [0.3, 0.4) is 0 Å². The highest BCUT2D eigenvalue weighted by Crippen LogP contribution is 2.01. The Kier molecular flexibility index (Phi) is 6.70. The zero-order chi connectivity index (χ0) is 11.8. The van der Waals surface area contributed by atoms with Crippen LogP contribution in [-0.2, 0) is 19.1 Å². The molecule has 0 heterocycles. The van der Waals surface area contributed by atoms with Gasteiger partial charge in [0.15, 0.2) is 0 Å². The van der Waals surface area contributed by atoms with Crippen molar-refractivity contribution < 1.29 is 19.1 Å². The standard InChI is InChI=1S/C10H19NO4/c1-4-14-10(13)8(11)5-6-9(12)15-7(2)3/h7-8H,4-6,11H2,1-3H3. The number of carbonyl (C=O) groups excluding carboxylic acids is 2. The maximum absolute atomic E-state index is 11.1. The number of rotatable bonds is 6. The van der Waals surface area contributed by atoms with Crippen LogP contribution in [0.5, 0.6) is 0 Å². The Balaban J connectivity index is 3.75. The Bertz CT molecular complexity index is 215. The summed E-state index contributed by atoms with van der Waals surface area (Å²) < 4.78 is 9.59. The Morgan fingerprint density at radius 2 is 1.93 bits per heavy atom. The van der Waals surface area contributed by atoms with Gasteiger partial charge in [-0.1, -0.05) is 0 Å². The molecule has 0 aromatic heterocycles. The zero-order valence-corrected chi connectivity index (χ0v) is 9.49. The molecule has 0 saturated carbocycles. The molecule has 5 heteroatoms. The first-order valence-electron chi connectivity index (χ1n) is 5.09. The summed E-state index contributed by atoms with van der Waals surface area (Å²) in [6.07, 6.45) is 0.249. The first-order chi connectivity index (χ1) is 6.97. The van der Waals surface area contributed by atoms with Crippen molar-refractivity contribution in [3.63, 3.8) is 0 Å². The second kappa shape index (κ2) is 7.23. The van der Waals surface area contributed by atoms with Gasteiger partial charge < -0.3 is 15.2 Å². The van der Waals surface area contributed by atoms with E-state index in [9.17, 15) is 9.59 Å². The van der Waals surface area contributed by atoms with Crippen LogP contribution in [0.2, 0.25) is 0 Å². The lowest BCUT2D eigenvalue weighted by Gasteiger charge is -2.11. The summed E-state index contributed by atoms with van der Waals surface area (Å²) in [5.41, 5.74) is 5.50. The van der Waals surface area contributed by atoms with E-state index in [2.05, 4.69) is 0 Å². The number of hydrogen-bond acceptors (Lipinski definition) is 5. The topological polar surface area (TPSA) is 78.6 Å². The summed E-state index contributed by atoms with van der Waals surface area (Å²) in [5.74, 6) is -0.820. The molecule has 15 heavy (non-hydrogen) atoms. The normalized spacial score (nSPS) is 12.3. The van der Waals surface area contributed by atoms with Crippen LogP contribution in [0.25, 0.3) is 0 Å². The van der Waals surface area contributed by atoms with Crippen molar-refractivity contribution in [1.29, 1.82) is 0 Å². The Hall–Kier alpha value is -1.10. The molecule has 0 fully saturated rings. The molecule has 0 rings (SSSR count). The number of hydrogen-bond donors (Lipinski definition) is 1. The fraction of sp³-hybridized carbons (Fsp3) is 0.800. The summed E-state index contributed by atoms with van der Waals surface area (Å²) >= 11 is 0. The SMILES string of the molecule is CCOC(=O)C(N)CCC(=O)OC(C)C. The number of esters is 2. The van der Waals surface area contributed by atoms with E-state index in [1.54, 1.807) is 20.8 Å². The van der Waals surface area contributed by atoms with Gasteiger partial charge in [0.1, 0.15) is 6.04 Å². The molecule has 0 amide bonds. The van der Waals surface area contributed by atoms with E-state index in [-0.39, 0.29) is 24.9 Å². The van der Waals surface area contributed by atoms with Gasteiger partial charge in [0.25, 0.3) is 0 Å². The molecule has 0 bridgehead atoms. The van der Waals surface area contributed by atoms with Crippen molar-refractivity contribution in [2.45, 2.75) is 45.8 Å². The predicted molar refractivity (Wildman–Crippen MR) is 55.1 cm³/mol. The van der Waals surface area contributed by atoms with E-state index in [4.69, 9.17) is 15.2 Å². The van der Waals surface area contributed by atoms with E-state index in [0.29, 0.717) is 6.61 Å². The molecule has 0 aromatic carbocycles. The maximum atomic E-state index is 11.1. The van der Waals surface area contributed by atoms with Gasteiger partial charge in [-0.2, -0.15) is 0 Å². The Morgan fingerprint density at radius 1 is 1.33 bits per heavy atom. The third kappa shape index (κ3) is 6.90. The van der Waals surface area contributed by atoms with Crippen LogP contribution in [0.4, 0.5) is 0 Å². The first-order valence-corrected chi connectivity index (χ1v) is 5.09. The molecule has 0 radical (unpaired) electrons. The second-order valence-electron chi connectivity index (χ2n) is 3.44. The lowest BCUT2D eigenvalue weighted by molar-refractivity contribution is -0.148. The molecule has 0 spiro atoms. The van der Waals surface area contributed by atoms with Gasteiger partial charge in [-0.15, -0.1) is 0 Å². The molecule has 0 aliphatic rings. The quantitative estimate of drug-likeness (QED) is 0.659. The molecule has 1 unspecified atom stereocenters. The summed E-state index contributed by atoms with van der Waals surface area (Å²) in [5, 5.41) is 0. The van der Waals surface area contributed by atoms with Crippen LogP contribution in [0.1, 0.15) is 33.6 Å². The molecular weight excluding hydrogens is 198 g/mol. The smallest absolute Gasteiger partial charge is 0.322 e. The largest absolute Gasteiger partial charge is 0.465 e. The molecule has 5 nitrogen and oxygen atoms in total. The average Bonchev–Trinajstić information content (AvgIpc) is 2.13. The van der Waals surface area contributed by atoms with Crippen LogP contribution < -0.4 is 5.73 Å². The summed E-state index contributed by atoms with van der Waals surface area (Å²) in [4.78, 5) is 22.2. The van der Waals surface area contributed by atoms with Crippen molar-refractivity contribution in [1.82, 2.24) is 0 Å². The van der Waals surface area contributed by atoms with Gasteiger partial charge in [-0.3, -0.25) is 9.59 Å². The number of ether oxygens (including phenoxy) is 2. The lowest BCUT2D eigenvalue weighted by atomic mass is 10.2. The van der Waals surface area contributed by atoms with E-state index < -0.39 is 12.0 Å². The van der Waals surface area contributed by atoms with Crippen LogP contribution >= 0.6 is 0 Å². The highest BCUT2D eigenvalue weighted by Gasteiger charge is 2.16. The monoisotopic (exact) mass is 217 g/mol. The van der Waals surface area contributed by atoms with Gasteiger partial charge in [0.05, 0.1) is 12.7 Å².